The van der Waals surface area contributed by atoms with E-state index in [2.05, 4.69) is 10.3 Å². The lowest BCUT2D eigenvalue weighted by atomic mass is 10.2. The average molecular weight is 278 g/mol. The van der Waals surface area contributed by atoms with Gasteiger partial charge in [-0.05, 0) is 24.1 Å². The van der Waals surface area contributed by atoms with Crippen LogP contribution in [0.25, 0.3) is 0 Å². The third-order valence-corrected chi connectivity index (χ3v) is 3.06. The summed E-state index contributed by atoms with van der Waals surface area (Å²) in [6.45, 7) is 2.73. The van der Waals surface area contributed by atoms with Crippen LogP contribution in [0.2, 0.25) is 0 Å². The number of aryl methyl sites for hydroxylation is 1. The Labute approximate surface area is 117 Å². The quantitative estimate of drug-likeness (QED) is 0.854. The van der Waals surface area contributed by atoms with E-state index in [9.17, 15) is 4.79 Å². The summed E-state index contributed by atoms with van der Waals surface area (Å²) in [7, 11) is 0. The van der Waals surface area contributed by atoms with E-state index < -0.39 is 0 Å². The van der Waals surface area contributed by atoms with Gasteiger partial charge in [0, 0.05) is 30.5 Å². The molecule has 0 aliphatic rings. The van der Waals surface area contributed by atoms with E-state index in [0.29, 0.717) is 18.2 Å². The van der Waals surface area contributed by atoms with E-state index in [4.69, 9.17) is 11.6 Å². The van der Waals surface area contributed by atoms with Crippen molar-refractivity contribution in [3.05, 3.63) is 52.6 Å². The number of nitrogens with zero attached hydrogens (tertiary/aromatic N) is 2. The van der Waals surface area contributed by atoms with Crippen LogP contribution in [0, 0.1) is 0 Å². The minimum absolute atomic E-state index is 0.106. The molecule has 1 N–H and O–H groups in total. The summed E-state index contributed by atoms with van der Waals surface area (Å²) in [5, 5.41) is 3.03. The topological polar surface area (TPSA) is 46.9 Å². The van der Waals surface area contributed by atoms with Crippen molar-refractivity contribution in [3.63, 3.8) is 0 Å². The predicted octanol–water partition coefficient (Wildman–Crippen LogP) is 3.14. The van der Waals surface area contributed by atoms with E-state index in [-0.39, 0.29) is 5.56 Å². The zero-order chi connectivity index (χ0) is 13.7. The van der Waals surface area contributed by atoms with Crippen LogP contribution < -0.4 is 10.9 Å². The zero-order valence-electron chi connectivity index (χ0n) is 10.8. The molecule has 100 valence electrons. The molecule has 1 aromatic heterocycles. The fraction of sp³-hybridized carbons (Fsp3) is 0.286. The summed E-state index contributed by atoms with van der Waals surface area (Å²) in [5.41, 5.74) is 1.76. The Morgan fingerprint density at radius 2 is 2.05 bits per heavy atom. The summed E-state index contributed by atoms with van der Waals surface area (Å²) >= 11 is 5.73. The lowest BCUT2D eigenvalue weighted by Gasteiger charge is -2.08. The van der Waals surface area contributed by atoms with Crippen LogP contribution in [0.15, 0.2) is 41.5 Å². The first-order valence-corrected chi connectivity index (χ1v) is 6.75. The van der Waals surface area contributed by atoms with Crippen molar-refractivity contribution in [2.45, 2.75) is 25.8 Å². The molecule has 0 atom stereocenters. The minimum Gasteiger partial charge on any atom is -0.336 e. The summed E-state index contributed by atoms with van der Waals surface area (Å²) in [6.07, 6.45) is 4.24. The highest BCUT2D eigenvalue weighted by molar-refractivity contribution is 6.17. The molecule has 0 saturated heterocycles. The van der Waals surface area contributed by atoms with Crippen molar-refractivity contribution in [3.8, 4) is 0 Å². The first-order chi connectivity index (χ1) is 9.24. The number of rotatable bonds is 5. The smallest absolute Gasteiger partial charge is 0.293 e. The minimum atomic E-state index is -0.106. The molecule has 19 heavy (non-hydrogen) atoms. The van der Waals surface area contributed by atoms with Gasteiger partial charge in [-0.25, -0.2) is 4.98 Å². The van der Waals surface area contributed by atoms with Crippen molar-refractivity contribution in [1.29, 1.82) is 0 Å². The van der Waals surface area contributed by atoms with Crippen LogP contribution in [0.3, 0.4) is 0 Å². The van der Waals surface area contributed by atoms with Crippen LogP contribution in [-0.4, -0.2) is 9.55 Å². The predicted molar refractivity (Wildman–Crippen MR) is 78.1 cm³/mol. The largest absolute Gasteiger partial charge is 0.336 e. The Kier molecular flexibility index (Phi) is 4.58. The highest BCUT2D eigenvalue weighted by atomic mass is 35.5. The number of aromatic nitrogens is 2. The molecular weight excluding hydrogens is 262 g/mol. The van der Waals surface area contributed by atoms with Crippen LogP contribution in [0.1, 0.15) is 18.9 Å². The number of halogens is 1. The number of alkyl halides is 1. The summed E-state index contributed by atoms with van der Waals surface area (Å²) in [6, 6.07) is 7.61. The number of nitrogens with one attached hydrogen (secondary N) is 1. The van der Waals surface area contributed by atoms with Gasteiger partial charge in [-0.2, -0.15) is 0 Å². The molecule has 1 aromatic carbocycles. The van der Waals surface area contributed by atoms with Gasteiger partial charge in [0.1, 0.15) is 0 Å². The second-order valence-electron chi connectivity index (χ2n) is 4.23. The first kappa shape index (κ1) is 13.6. The van der Waals surface area contributed by atoms with Crippen LogP contribution in [0.4, 0.5) is 11.5 Å². The Hall–Kier alpha value is -1.81. The monoisotopic (exact) mass is 277 g/mol. The third kappa shape index (κ3) is 3.35. The number of hydrogen-bond donors (Lipinski definition) is 1. The molecule has 0 unspecified atom stereocenters. The molecule has 0 aliphatic carbocycles. The molecule has 0 spiro atoms. The molecule has 1 heterocycles. The summed E-state index contributed by atoms with van der Waals surface area (Å²) < 4.78 is 1.66. The second kappa shape index (κ2) is 6.38. The zero-order valence-corrected chi connectivity index (χ0v) is 11.5. The van der Waals surface area contributed by atoms with Gasteiger partial charge in [-0.1, -0.05) is 19.1 Å². The average Bonchev–Trinajstić information content (AvgIpc) is 2.44. The normalized spacial score (nSPS) is 10.4. The van der Waals surface area contributed by atoms with Crippen molar-refractivity contribution in [2.24, 2.45) is 0 Å². The maximum Gasteiger partial charge on any atom is 0.293 e. The Balaban J connectivity index is 2.22. The van der Waals surface area contributed by atoms with Crippen LogP contribution in [0.5, 0.6) is 0 Å². The van der Waals surface area contributed by atoms with Gasteiger partial charge >= 0.3 is 0 Å². The van der Waals surface area contributed by atoms with E-state index in [0.717, 1.165) is 17.7 Å². The molecule has 0 radical (unpaired) electrons. The molecular formula is C14H16ClN3O. The summed E-state index contributed by atoms with van der Waals surface area (Å²) in [4.78, 5) is 16.2. The highest BCUT2D eigenvalue weighted by Gasteiger charge is 2.04. The number of anilines is 2. The fourth-order valence-corrected chi connectivity index (χ4v) is 1.94. The highest BCUT2D eigenvalue weighted by Crippen LogP contribution is 2.13. The lowest BCUT2D eigenvalue weighted by molar-refractivity contribution is 0.650. The first-order valence-electron chi connectivity index (χ1n) is 6.22. The third-order valence-electron chi connectivity index (χ3n) is 2.75. The molecule has 0 bridgehead atoms. The van der Waals surface area contributed by atoms with Gasteiger partial charge < -0.3 is 9.88 Å². The standard InChI is InChI=1S/C14H16ClN3O/c1-2-8-18-9-7-16-13(14(18)19)17-12-5-3-11(10-15)4-6-12/h3-7,9H,2,8,10H2,1H3,(H,16,17). The van der Waals surface area contributed by atoms with Crippen molar-refractivity contribution < 1.29 is 0 Å². The van der Waals surface area contributed by atoms with E-state index in [1.54, 1.807) is 17.0 Å². The van der Waals surface area contributed by atoms with Crippen LogP contribution >= 0.6 is 11.6 Å². The fourth-order valence-electron chi connectivity index (χ4n) is 1.76. The van der Waals surface area contributed by atoms with E-state index >= 15 is 0 Å². The van der Waals surface area contributed by atoms with Gasteiger partial charge in [-0.15, -0.1) is 11.6 Å². The maximum atomic E-state index is 12.1. The molecule has 5 heteroatoms. The van der Waals surface area contributed by atoms with Crippen molar-refractivity contribution in [2.75, 3.05) is 5.32 Å². The van der Waals surface area contributed by atoms with Gasteiger partial charge in [0.15, 0.2) is 5.82 Å². The maximum absolute atomic E-state index is 12.1. The molecule has 2 rings (SSSR count). The summed E-state index contributed by atoms with van der Waals surface area (Å²) in [5.74, 6) is 0.822. The molecule has 0 saturated carbocycles. The molecule has 2 aromatic rings. The second-order valence-corrected chi connectivity index (χ2v) is 4.50. The van der Waals surface area contributed by atoms with E-state index in [1.165, 1.54) is 0 Å². The number of hydrogen-bond acceptors (Lipinski definition) is 3. The van der Waals surface area contributed by atoms with Gasteiger partial charge in [0.2, 0.25) is 0 Å². The van der Waals surface area contributed by atoms with Gasteiger partial charge in [0.25, 0.3) is 5.56 Å². The molecule has 4 nitrogen and oxygen atoms in total. The molecule has 0 fully saturated rings. The van der Waals surface area contributed by atoms with Crippen molar-refractivity contribution in [1.82, 2.24) is 9.55 Å². The molecule has 0 amide bonds. The SMILES string of the molecule is CCCn1ccnc(Nc2ccc(CCl)cc2)c1=O. The Morgan fingerprint density at radius 1 is 1.32 bits per heavy atom. The van der Waals surface area contributed by atoms with Gasteiger partial charge in [-0.3, -0.25) is 4.79 Å². The lowest BCUT2D eigenvalue weighted by Crippen LogP contribution is -2.23. The van der Waals surface area contributed by atoms with Crippen LogP contribution in [-0.2, 0) is 12.4 Å². The number of benzene rings is 1. The van der Waals surface area contributed by atoms with E-state index in [1.807, 2.05) is 31.2 Å². The van der Waals surface area contributed by atoms with Gasteiger partial charge in [0.05, 0.1) is 0 Å². The van der Waals surface area contributed by atoms with Crippen molar-refractivity contribution >= 4 is 23.1 Å². The Morgan fingerprint density at radius 3 is 2.68 bits per heavy atom. The molecule has 0 aliphatic heterocycles. The Bertz CT molecular complexity index is 592.